The molecule has 0 aliphatic carbocycles. The molecule has 3 nitrogen and oxygen atoms in total. The Kier molecular flexibility index (Phi) is 6.51. The van der Waals surface area contributed by atoms with Crippen molar-refractivity contribution in [3.63, 3.8) is 0 Å². The predicted molar refractivity (Wildman–Crippen MR) is 96.7 cm³/mol. The van der Waals surface area contributed by atoms with Gasteiger partial charge in [0.15, 0.2) is 0 Å². The van der Waals surface area contributed by atoms with E-state index in [1.807, 2.05) is 24.0 Å². The molecular weight excluding hydrogens is 397 g/mol. The summed E-state index contributed by atoms with van der Waals surface area (Å²) in [5.74, 6) is 0. The average Bonchev–Trinajstić information content (AvgIpc) is 2.87. The largest absolute Gasteiger partial charge is 0.310 e. The average molecular weight is 418 g/mol. The van der Waals surface area contributed by atoms with Crippen LogP contribution in [-0.2, 0) is 13.5 Å². The molecule has 2 aromatic rings. The Labute approximate surface area is 145 Å². The van der Waals surface area contributed by atoms with E-state index in [1.165, 1.54) is 14.8 Å². The van der Waals surface area contributed by atoms with Gasteiger partial charge in [0.2, 0.25) is 0 Å². The van der Waals surface area contributed by atoms with Crippen LogP contribution in [0, 0.1) is 3.57 Å². The van der Waals surface area contributed by atoms with Gasteiger partial charge in [0.1, 0.15) is 0 Å². The zero-order valence-corrected chi connectivity index (χ0v) is 15.4. The minimum atomic E-state index is 0.324. The second-order valence-electron chi connectivity index (χ2n) is 5.16. The van der Waals surface area contributed by atoms with Crippen LogP contribution in [0.2, 0.25) is 5.02 Å². The first-order valence-electron chi connectivity index (χ1n) is 7.27. The molecule has 21 heavy (non-hydrogen) atoms. The number of hydrogen-bond acceptors (Lipinski definition) is 2. The smallest absolute Gasteiger partial charge is 0.0492 e. The number of rotatable bonds is 7. The number of nitrogens with zero attached hydrogens (tertiary/aromatic N) is 2. The van der Waals surface area contributed by atoms with Gasteiger partial charge in [-0.15, -0.1) is 0 Å². The van der Waals surface area contributed by atoms with Crippen molar-refractivity contribution in [3.8, 4) is 0 Å². The molecule has 0 saturated heterocycles. The van der Waals surface area contributed by atoms with Crippen LogP contribution in [0.5, 0.6) is 0 Å². The number of aryl methyl sites for hydroxylation is 2. The molecule has 0 radical (unpaired) electrons. The lowest BCUT2D eigenvalue weighted by Gasteiger charge is -2.21. The summed E-state index contributed by atoms with van der Waals surface area (Å²) >= 11 is 8.56. The molecule has 114 valence electrons. The van der Waals surface area contributed by atoms with E-state index in [2.05, 4.69) is 58.1 Å². The van der Waals surface area contributed by atoms with Gasteiger partial charge in [-0.2, -0.15) is 5.10 Å². The zero-order valence-electron chi connectivity index (χ0n) is 12.4. The molecule has 0 fully saturated rings. The van der Waals surface area contributed by atoms with Crippen molar-refractivity contribution in [2.75, 3.05) is 6.54 Å². The molecule has 0 aliphatic rings. The summed E-state index contributed by atoms with van der Waals surface area (Å²) in [5, 5.41) is 8.68. The highest BCUT2D eigenvalue weighted by atomic mass is 127. The summed E-state index contributed by atoms with van der Waals surface area (Å²) < 4.78 is 3.20. The van der Waals surface area contributed by atoms with Gasteiger partial charge in [-0.25, -0.2) is 0 Å². The highest BCUT2D eigenvalue weighted by Gasteiger charge is 2.15. The number of aromatic nitrogens is 2. The summed E-state index contributed by atoms with van der Waals surface area (Å²) in [5.41, 5.74) is 2.55. The first kappa shape index (κ1) is 16.8. The zero-order chi connectivity index (χ0) is 15.2. The Balaban J connectivity index is 2.13. The summed E-state index contributed by atoms with van der Waals surface area (Å²) in [6.07, 6.45) is 5.02. The molecule has 1 N–H and O–H groups in total. The Hall–Kier alpha value is -0.590. The molecule has 1 aromatic heterocycles. The van der Waals surface area contributed by atoms with E-state index in [4.69, 9.17) is 11.6 Å². The maximum absolute atomic E-state index is 6.17. The second kappa shape index (κ2) is 8.15. The van der Waals surface area contributed by atoms with Gasteiger partial charge in [0, 0.05) is 33.6 Å². The Morgan fingerprint density at radius 2 is 2.19 bits per heavy atom. The molecule has 1 atom stereocenters. The lowest BCUT2D eigenvalue weighted by Crippen LogP contribution is -2.23. The molecule has 0 bridgehead atoms. The molecule has 1 heterocycles. The molecule has 2 rings (SSSR count). The monoisotopic (exact) mass is 417 g/mol. The highest BCUT2D eigenvalue weighted by molar-refractivity contribution is 14.1. The molecule has 1 unspecified atom stereocenters. The molecule has 1 aromatic carbocycles. The standard InChI is InChI=1S/C16H21ClIN3/c1-3-9-19-16(7-5-13-8-10-20-21(13)2)14-11-12(17)4-6-15(14)18/h4,6,8,10-11,16,19H,3,5,7,9H2,1-2H3. The van der Waals surface area contributed by atoms with Crippen LogP contribution in [0.4, 0.5) is 0 Å². The van der Waals surface area contributed by atoms with Gasteiger partial charge in [0.05, 0.1) is 0 Å². The fourth-order valence-electron chi connectivity index (χ4n) is 2.41. The van der Waals surface area contributed by atoms with Crippen molar-refractivity contribution >= 4 is 34.2 Å². The fourth-order valence-corrected chi connectivity index (χ4v) is 3.30. The van der Waals surface area contributed by atoms with Crippen LogP contribution < -0.4 is 5.32 Å². The minimum Gasteiger partial charge on any atom is -0.310 e. The van der Waals surface area contributed by atoms with E-state index in [9.17, 15) is 0 Å². The summed E-state index contributed by atoms with van der Waals surface area (Å²) in [7, 11) is 1.99. The van der Waals surface area contributed by atoms with Crippen molar-refractivity contribution < 1.29 is 0 Å². The summed E-state index contributed by atoms with van der Waals surface area (Å²) in [6.45, 7) is 3.20. The van der Waals surface area contributed by atoms with E-state index >= 15 is 0 Å². The van der Waals surface area contributed by atoms with Crippen molar-refractivity contribution in [3.05, 3.63) is 50.3 Å². The Morgan fingerprint density at radius 3 is 2.86 bits per heavy atom. The molecular formula is C16H21ClIN3. The first-order chi connectivity index (χ1) is 10.1. The van der Waals surface area contributed by atoms with E-state index in [-0.39, 0.29) is 0 Å². The SMILES string of the molecule is CCCNC(CCc1ccnn1C)c1cc(Cl)ccc1I. The maximum Gasteiger partial charge on any atom is 0.0492 e. The Morgan fingerprint density at radius 1 is 1.38 bits per heavy atom. The molecule has 0 saturated carbocycles. The van der Waals surface area contributed by atoms with Crippen molar-refractivity contribution in [2.24, 2.45) is 7.05 Å². The third-order valence-corrected chi connectivity index (χ3v) is 4.80. The van der Waals surface area contributed by atoms with Crippen LogP contribution in [-0.4, -0.2) is 16.3 Å². The third kappa shape index (κ3) is 4.69. The van der Waals surface area contributed by atoms with Crippen LogP contribution in [0.25, 0.3) is 0 Å². The number of halogens is 2. The van der Waals surface area contributed by atoms with E-state index in [1.54, 1.807) is 0 Å². The molecule has 5 heteroatoms. The fraction of sp³-hybridized carbons (Fsp3) is 0.438. The van der Waals surface area contributed by atoms with Crippen molar-refractivity contribution in [1.29, 1.82) is 0 Å². The first-order valence-corrected chi connectivity index (χ1v) is 8.72. The predicted octanol–water partition coefficient (Wildman–Crippen LogP) is 4.35. The van der Waals surface area contributed by atoms with Gasteiger partial charge >= 0.3 is 0 Å². The van der Waals surface area contributed by atoms with Gasteiger partial charge < -0.3 is 5.32 Å². The number of hydrogen-bond donors (Lipinski definition) is 1. The van der Waals surface area contributed by atoms with Crippen LogP contribution in [0.1, 0.15) is 37.1 Å². The van der Waals surface area contributed by atoms with Crippen LogP contribution in [0.15, 0.2) is 30.5 Å². The quantitative estimate of drug-likeness (QED) is 0.679. The van der Waals surface area contributed by atoms with Gasteiger partial charge in [-0.1, -0.05) is 18.5 Å². The molecule has 0 amide bonds. The van der Waals surface area contributed by atoms with E-state index in [0.29, 0.717) is 6.04 Å². The Bertz CT molecular complexity index is 583. The van der Waals surface area contributed by atoms with Gasteiger partial charge in [0.25, 0.3) is 0 Å². The topological polar surface area (TPSA) is 29.9 Å². The third-order valence-electron chi connectivity index (χ3n) is 3.59. The van der Waals surface area contributed by atoms with Crippen molar-refractivity contribution in [1.82, 2.24) is 15.1 Å². The van der Waals surface area contributed by atoms with Gasteiger partial charge in [-0.05, 0) is 78.2 Å². The van der Waals surface area contributed by atoms with E-state index < -0.39 is 0 Å². The minimum absolute atomic E-state index is 0.324. The summed E-state index contributed by atoms with van der Waals surface area (Å²) in [4.78, 5) is 0. The normalized spacial score (nSPS) is 12.6. The van der Waals surface area contributed by atoms with Crippen LogP contribution >= 0.6 is 34.2 Å². The van der Waals surface area contributed by atoms with Crippen LogP contribution in [0.3, 0.4) is 0 Å². The maximum atomic E-state index is 6.17. The lowest BCUT2D eigenvalue weighted by atomic mass is 10.0. The van der Waals surface area contributed by atoms with E-state index in [0.717, 1.165) is 30.8 Å². The molecule has 0 spiro atoms. The highest BCUT2D eigenvalue weighted by Crippen LogP contribution is 2.27. The second-order valence-corrected chi connectivity index (χ2v) is 6.76. The number of nitrogens with one attached hydrogen (secondary N) is 1. The number of benzene rings is 1. The van der Waals surface area contributed by atoms with Gasteiger partial charge in [-0.3, -0.25) is 4.68 Å². The lowest BCUT2D eigenvalue weighted by molar-refractivity contribution is 0.490. The summed E-state index contributed by atoms with van der Waals surface area (Å²) in [6, 6.07) is 8.53. The van der Waals surface area contributed by atoms with Crippen molar-refractivity contribution in [2.45, 2.75) is 32.2 Å². The molecule has 0 aliphatic heterocycles.